The average Bonchev–Trinajstić information content (AvgIpc) is 2.46. The van der Waals surface area contributed by atoms with E-state index in [2.05, 4.69) is 0 Å². The van der Waals surface area contributed by atoms with Crippen molar-refractivity contribution >= 4 is 6.29 Å². The van der Waals surface area contributed by atoms with Gasteiger partial charge in [-0.2, -0.15) is 0 Å². The lowest BCUT2D eigenvalue weighted by atomic mass is 9.80. The SMILES string of the molecule is NC(C=O)(COc1cccc(O)c1)CC1CCCCC1. The van der Waals surface area contributed by atoms with Gasteiger partial charge in [-0.25, -0.2) is 0 Å². The van der Waals surface area contributed by atoms with E-state index in [-0.39, 0.29) is 12.4 Å². The molecule has 1 saturated carbocycles. The highest BCUT2D eigenvalue weighted by molar-refractivity contribution is 5.64. The summed E-state index contributed by atoms with van der Waals surface area (Å²) in [5.74, 6) is 1.19. The van der Waals surface area contributed by atoms with Crippen LogP contribution in [-0.4, -0.2) is 23.5 Å². The van der Waals surface area contributed by atoms with Gasteiger partial charge in [0.05, 0.1) is 0 Å². The Morgan fingerprint density at radius 2 is 2.10 bits per heavy atom. The van der Waals surface area contributed by atoms with Crippen LogP contribution in [-0.2, 0) is 4.79 Å². The summed E-state index contributed by atoms with van der Waals surface area (Å²) in [6.45, 7) is 0.149. The number of benzene rings is 1. The number of rotatable bonds is 6. The van der Waals surface area contributed by atoms with E-state index in [4.69, 9.17) is 10.5 Å². The number of phenols is 1. The first-order valence-corrected chi connectivity index (χ1v) is 7.28. The largest absolute Gasteiger partial charge is 0.508 e. The molecule has 1 aliphatic rings. The number of nitrogens with two attached hydrogens (primary N) is 1. The van der Waals surface area contributed by atoms with E-state index in [0.29, 0.717) is 18.1 Å². The van der Waals surface area contributed by atoms with E-state index in [9.17, 15) is 9.90 Å². The standard InChI is InChI=1S/C16H23NO3/c17-16(11-18,10-13-5-2-1-3-6-13)12-20-15-8-4-7-14(19)9-15/h4,7-9,11,13,19H,1-3,5-6,10,12,17H2. The van der Waals surface area contributed by atoms with Crippen molar-refractivity contribution in [2.45, 2.75) is 44.1 Å². The molecule has 1 unspecified atom stereocenters. The maximum Gasteiger partial charge on any atom is 0.143 e. The predicted molar refractivity (Wildman–Crippen MR) is 77.8 cm³/mol. The highest BCUT2D eigenvalue weighted by Gasteiger charge is 2.30. The Morgan fingerprint density at radius 3 is 2.75 bits per heavy atom. The lowest BCUT2D eigenvalue weighted by Crippen LogP contribution is -2.49. The molecule has 1 atom stereocenters. The fraction of sp³-hybridized carbons (Fsp3) is 0.562. The van der Waals surface area contributed by atoms with Gasteiger partial charge in [-0.05, 0) is 24.5 Å². The normalized spacial score (nSPS) is 19.2. The van der Waals surface area contributed by atoms with Gasteiger partial charge >= 0.3 is 0 Å². The lowest BCUT2D eigenvalue weighted by Gasteiger charge is -2.30. The topological polar surface area (TPSA) is 72.6 Å². The number of aromatic hydroxyl groups is 1. The number of phenolic OH excluding ortho intramolecular Hbond substituents is 1. The van der Waals surface area contributed by atoms with Crippen LogP contribution in [0.5, 0.6) is 11.5 Å². The second-order valence-electron chi connectivity index (χ2n) is 5.85. The predicted octanol–water partition coefficient (Wildman–Crippen LogP) is 2.64. The molecule has 3 N–H and O–H groups in total. The molecule has 20 heavy (non-hydrogen) atoms. The minimum Gasteiger partial charge on any atom is -0.508 e. The van der Waals surface area contributed by atoms with Gasteiger partial charge in [-0.15, -0.1) is 0 Å². The first kappa shape index (κ1) is 14.9. The Bertz CT molecular complexity index is 443. The van der Waals surface area contributed by atoms with Crippen LogP contribution in [0.4, 0.5) is 0 Å². The van der Waals surface area contributed by atoms with Gasteiger partial charge in [-0.1, -0.05) is 38.2 Å². The van der Waals surface area contributed by atoms with Crippen molar-refractivity contribution in [1.82, 2.24) is 0 Å². The van der Waals surface area contributed by atoms with Crippen LogP contribution >= 0.6 is 0 Å². The molecule has 0 radical (unpaired) electrons. The molecular weight excluding hydrogens is 254 g/mol. The third-order valence-electron chi connectivity index (χ3n) is 3.95. The highest BCUT2D eigenvalue weighted by Crippen LogP contribution is 2.29. The number of hydrogen-bond donors (Lipinski definition) is 2. The summed E-state index contributed by atoms with van der Waals surface area (Å²) >= 11 is 0. The van der Waals surface area contributed by atoms with Gasteiger partial charge in [0, 0.05) is 6.07 Å². The second-order valence-corrected chi connectivity index (χ2v) is 5.85. The average molecular weight is 277 g/mol. The van der Waals surface area contributed by atoms with Gasteiger partial charge < -0.3 is 20.4 Å². The number of aldehydes is 1. The summed E-state index contributed by atoms with van der Waals surface area (Å²) in [5, 5.41) is 9.38. The van der Waals surface area contributed by atoms with Crippen LogP contribution in [0, 0.1) is 5.92 Å². The minimum atomic E-state index is -0.937. The highest BCUT2D eigenvalue weighted by atomic mass is 16.5. The molecule has 0 aliphatic heterocycles. The second kappa shape index (κ2) is 6.75. The molecule has 0 saturated heterocycles. The van der Waals surface area contributed by atoms with Crippen LogP contribution in [0.3, 0.4) is 0 Å². The van der Waals surface area contributed by atoms with Crippen LogP contribution in [0.25, 0.3) is 0 Å². The third kappa shape index (κ3) is 4.23. The molecule has 4 nitrogen and oxygen atoms in total. The molecule has 1 fully saturated rings. The van der Waals surface area contributed by atoms with Crippen LogP contribution < -0.4 is 10.5 Å². The van der Waals surface area contributed by atoms with Crippen molar-refractivity contribution in [1.29, 1.82) is 0 Å². The Kier molecular flexibility index (Phi) is 5.01. The summed E-state index contributed by atoms with van der Waals surface area (Å²) in [6.07, 6.45) is 7.53. The fourth-order valence-corrected chi connectivity index (χ4v) is 2.86. The van der Waals surface area contributed by atoms with Crippen LogP contribution in [0.2, 0.25) is 0 Å². The van der Waals surface area contributed by atoms with Gasteiger partial charge in [0.15, 0.2) is 0 Å². The van der Waals surface area contributed by atoms with Crippen LogP contribution in [0.1, 0.15) is 38.5 Å². The Morgan fingerprint density at radius 1 is 1.35 bits per heavy atom. The Labute approximate surface area is 119 Å². The maximum absolute atomic E-state index is 11.3. The van der Waals surface area contributed by atoms with Gasteiger partial charge in [-0.3, -0.25) is 0 Å². The Balaban J connectivity index is 1.91. The zero-order chi connectivity index (χ0) is 14.4. The summed E-state index contributed by atoms with van der Waals surface area (Å²) in [7, 11) is 0. The molecule has 0 aromatic heterocycles. The molecule has 110 valence electrons. The zero-order valence-corrected chi connectivity index (χ0v) is 11.8. The first-order valence-electron chi connectivity index (χ1n) is 7.28. The fourth-order valence-electron chi connectivity index (χ4n) is 2.86. The van der Waals surface area contributed by atoms with E-state index >= 15 is 0 Å². The van der Waals surface area contributed by atoms with Crippen molar-refractivity contribution in [3.8, 4) is 11.5 Å². The van der Waals surface area contributed by atoms with E-state index in [0.717, 1.165) is 19.1 Å². The van der Waals surface area contributed by atoms with E-state index < -0.39 is 5.54 Å². The molecule has 0 amide bonds. The molecular formula is C16H23NO3. The molecule has 0 bridgehead atoms. The van der Waals surface area contributed by atoms with E-state index in [1.807, 2.05) is 0 Å². The molecule has 4 heteroatoms. The molecule has 0 spiro atoms. The van der Waals surface area contributed by atoms with Gasteiger partial charge in [0.2, 0.25) is 0 Å². The van der Waals surface area contributed by atoms with Crippen molar-refractivity contribution in [2.24, 2.45) is 11.7 Å². The minimum absolute atomic E-state index is 0.142. The number of hydrogen-bond acceptors (Lipinski definition) is 4. The van der Waals surface area contributed by atoms with Crippen molar-refractivity contribution in [3.05, 3.63) is 24.3 Å². The van der Waals surface area contributed by atoms with Crippen LogP contribution in [0.15, 0.2) is 24.3 Å². The van der Waals surface area contributed by atoms with E-state index in [1.54, 1.807) is 18.2 Å². The van der Waals surface area contributed by atoms with E-state index in [1.165, 1.54) is 25.3 Å². The monoisotopic (exact) mass is 277 g/mol. The first-order chi connectivity index (χ1) is 9.61. The third-order valence-corrected chi connectivity index (χ3v) is 3.95. The number of carbonyl (C=O) groups excluding carboxylic acids is 1. The van der Waals surface area contributed by atoms with Gasteiger partial charge in [0.1, 0.15) is 29.9 Å². The van der Waals surface area contributed by atoms with Crippen molar-refractivity contribution < 1.29 is 14.6 Å². The Hall–Kier alpha value is -1.55. The number of carbonyl (C=O) groups is 1. The molecule has 1 aromatic carbocycles. The summed E-state index contributed by atoms with van der Waals surface area (Å²) in [5.41, 5.74) is 5.22. The van der Waals surface area contributed by atoms with Gasteiger partial charge in [0.25, 0.3) is 0 Å². The zero-order valence-electron chi connectivity index (χ0n) is 11.8. The van der Waals surface area contributed by atoms with Crippen molar-refractivity contribution in [3.63, 3.8) is 0 Å². The summed E-state index contributed by atoms with van der Waals surface area (Å²) in [6, 6.07) is 6.53. The summed E-state index contributed by atoms with van der Waals surface area (Å²) in [4.78, 5) is 11.3. The van der Waals surface area contributed by atoms with Crippen molar-refractivity contribution in [2.75, 3.05) is 6.61 Å². The quantitative estimate of drug-likeness (QED) is 0.784. The lowest BCUT2D eigenvalue weighted by molar-refractivity contribution is -0.114. The molecule has 1 aromatic rings. The summed E-state index contributed by atoms with van der Waals surface area (Å²) < 4.78 is 5.57. The number of ether oxygens (including phenoxy) is 1. The molecule has 1 aliphatic carbocycles. The molecule has 0 heterocycles. The maximum atomic E-state index is 11.3. The smallest absolute Gasteiger partial charge is 0.143 e. The molecule has 2 rings (SSSR count).